The van der Waals surface area contributed by atoms with Crippen LogP contribution >= 0.6 is 0 Å². The maximum absolute atomic E-state index is 12.6. The van der Waals surface area contributed by atoms with E-state index in [9.17, 15) is 9.59 Å². The van der Waals surface area contributed by atoms with E-state index in [1.807, 2.05) is 36.1 Å². The molecule has 0 saturated carbocycles. The molecule has 4 N–H and O–H groups in total. The zero-order valence-electron chi connectivity index (χ0n) is 21.5. The molecule has 0 bridgehead atoms. The maximum atomic E-state index is 12.6. The van der Waals surface area contributed by atoms with E-state index in [-0.39, 0.29) is 11.7 Å². The highest BCUT2D eigenvalue weighted by atomic mass is 16.2. The van der Waals surface area contributed by atoms with Gasteiger partial charge in [-0.3, -0.25) is 15.0 Å². The third-order valence-corrected chi connectivity index (χ3v) is 5.58. The highest BCUT2D eigenvalue weighted by Crippen LogP contribution is 2.09. The fourth-order valence-electron chi connectivity index (χ4n) is 3.56. The Morgan fingerprint density at radius 1 is 1.03 bits per heavy atom. The molecule has 194 valence electrons. The Balaban J connectivity index is 0.00000316. The molecule has 1 aromatic carbocycles. The lowest BCUT2D eigenvalue weighted by Gasteiger charge is -2.22. The number of hydrogen-bond donors (Lipinski definition) is 3. The molecular formula is C28H40N6O2. The minimum absolute atomic E-state index is 0.117. The summed E-state index contributed by atoms with van der Waals surface area (Å²) < 4.78 is 0. The van der Waals surface area contributed by atoms with E-state index in [0.717, 1.165) is 55.6 Å². The number of carbonyl (C=O) groups excluding carboxylic acids is 2. The summed E-state index contributed by atoms with van der Waals surface area (Å²) in [6.07, 6.45) is 15.0. The number of nitrogens with one attached hydrogen (secondary N) is 2. The van der Waals surface area contributed by atoms with Gasteiger partial charge < -0.3 is 20.9 Å². The highest BCUT2D eigenvalue weighted by molar-refractivity contribution is 6.01. The van der Waals surface area contributed by atoms with E-state index >= 15 is 0 Å². The zero-order chi connectivity index (χ0) is 26.6. The van der Waals surface area contributed by atoms with Crippen molar-refractivity contribution >= 4 is 30.5 Å². The average Bonchev–Trinajstić information content (AvgIpc) is 3.15. The average molecular weight is 493 g/mol. The molecule has 1 heterocycles. The van der Waals surface area contributed by atoms with E-state index in [4.69, 9.17) is 10.8 Å². The Morgan fingerprint density at radius 2 is 1.75 bits per heavy atom. The molecule has 1 aliphatic heterocycles. The number of carbonyl (C=O) groups is 2. The molecule has 0 aromatic heterocycles. The van der Waals surface area contributed by atoms with Gasteiger partial charge in [0.15, 0.2) is 5.84 Å². The summed E-state index contributed by atoms with van der Waals surface area (Å²) in [6, 6.07) is 7.67. The van der Waals surface area contributed by atoms with Crippen molar-refractivity contribution in [3.63, 3.8) is 0 Å². The van der Waals surface area contributed by atoms with Crippen LogP contribution in [-0.2, 0) is 9.59 Å². The van der Waals surface area contributed by atoms with Gasteiger partial charge in [0.1, 0.15) is 6.29 Å². The Labute approximate surface area is 215 Å². The van der Waals surface area contributed by atoms with Gasteiger partial charge in [0, 0.05) is 50.6 Å². The Bertz CT molecular complexity index is 947. The van der Waals surface area contributed by atoms with Crippen LogP contribution in [0.4, 0.5) is 0 Å². The van der Waals surface area contributed by atoms with E-state index < -0.39 is 0 Å². The molecule has 1 amide bonds. The van der Waals surface area contributed by atoms with Gasteiger partial charge in [-0.1, -0.05) is 54.1 Å². The second-order valence-corrected chi connectivity index (χ2v) is 8.19. The van der Waals surface area contributed by atoms with Crippen molar-refractivity contribution in [1.29, 1.82) is 10.8 Å². The number of nitrogens with two attached hydrogens (primary N) is 1. The molecule has 8 heteroatoms. The summed E-state index contributed by atoms with van der Waals surface area (Å²) in [5.41, 5.74) is 7.14. The largest absolute Gasteiger partial charge is 0.341 e. The molecule has 36 heavy (non-hydrogen) atoms. The maximum Gasteiger partial charge on any atom is 0.222 e. The first-order valence-electron chi connectivity index (χ1n) is 12.3. The number of aldehydes is 1. The Kier molecular flexibility index (Phi) is 15.9. The minimum Gasteiger partial charge on any atom is -0.341 e. The number of aryl methyl sites for hydroxylation is 1. The van der Waals surface area contributed by atoms with Crippen LogP contribution in [0.15, 0.2) is 65.2 Å². The molecule has 0 aliphatic carbocycles. The van der Waals surface area contributed by atoms with Gasteiger partial charge in [0.2, 0.25) is 5.91 Å². The second-order valence-electron chi connectivity index (χ2n) is 8.19. The number of allylic oxidation sites excluding steroid dienone is 5. The summed E-state index contributed by atoms with van der Waals surface area (Å²) >= 11 is 0. The second kappa shape index (κ2) is 18.8. The summed E-state index contributed by atoms with van der Waals surface area (Å²) in [6.45, 7) is 5.91. The first-order chi connectivity index (χ1) is 17.5. The van der Waals surface area contributed by atoms with Crippen LogP contribution in [0.5, 0.6) is 0 Å². The highest BCUT2D eigenvalue weighted by Gasteiger charge is 2.18. The smallest absolute Gasteiger partial charge is 0.222 e. The number of amides is 1. The van der Waals surface area contributed by atoms with Crippen LogP contribution in [0, 0.1) is 17.7 Å². The summed E-state index contributed by atoms with van der Waals surface area (Å²) in [5.74, 6) is 0.326. The number of hydrogen-bond acceptors (Lipinski definition) is 6. The monoisotopic (exact) mass is 492 g/mol. The van der Waals surface area contributed by atoms with Crippen LogP contribution in [0.2, 0.25) is 0 Å². The fraction of sp³-hybridized carbons (Fsp3) is 0.393. The number of amidine groups is 1. The molecule has 8 nitrogen and oxygen atoms in total. The van der Waals surface area contributed by atoms with Gasteiger partial charge >= 0.3 is 0 Å². The van der Waals surface area contributed by atoms with Crippen molar-refractivity contribution in [3.8, 4) is 0 Å². The van der Waals surface area contributed by atoms with Crippen molar-refractivity contribution < 1.29 is 9.59 Å². The number of nitrogens with zero attached hydrogens (tertiary/aromatic N) is 3. The number of aliphatic imine (C=N–C) groups is 1. The molecule has 1 aliphatic rings. The molecule has 1 saturated heterocycles. The first-order valence-corrected chi connectivity index (χ1v) is 12.3. The standard InChI is InChI=1S/C27H35N5O2.CH5N/c1-23-10-12-25(13-11-23)27(29)30-16-6-9-26(34)32-18-7-17-31(20-21-32)19-14-24(22-33)8-4-2-3-5-15-28;1-2/h2-5,8,10-13,15-16,22,28-29H,6-7,9,14,17-21H2,1H3;2H2,1H3/b4-2-,5-3+,24-8+,28-15?,29-27?,30-16?;. The predicted octanol–water partition coefficient (Wildman–Crippen LogP) is 3.56. The van der Waals surface area contributed by atoms with Gasteiger partial charge in [0.05, 0.1) is 0 Å². The van der Waals surface area contributed by atoms with Crippen LogP contribution < -0.4 is 5.73 Å². The van der Waals surface area contributed by atoms with E-state index in [1.165, 1.54) is 13.3 Å². The molecule has 0 spiro atoms. The third kappa shape index (κ3) is 12.3. The summed E-state index contributed by atoms with van der Waals surface area (Å²) in [4.78, 5) is 32.3. The Hall–Kier alpha value is -3.49. The first kappa shape index (κ1) is 30.5. The SMILES string of the molecule is CN.Cc1ccc(C(=N)N=CCCC(=O)N2CCCN(CC\C(C=O)=C/C=C\C=C\C=N)CC2)cc1. The lowest BCUT2D eigenvalue weighted by Crippen LogP contribution is -2.35. The molecule has 0 radical (unpaired) electrons. The van der Waals surface area contributed by atoms with Crippen molar-refractivity contribution in [2.75, 3.05) is 39.8 Å². The number of rotatable bonds is 11. The fourth-order valence-corrected chi connectivity index (χ4v) is 3.56. The summed E-state index contributed by atoms with van der Waals surface area (Å²) in [5, 5.41) is 15.0. The third-order valence-electron chi connectivity index (χ3n) is 5.58. The van der Waals surface area contributed by atoms with Crippen LogP contribution in [0.1, 0.15) is 36.8 Å². The van der Waals surface area contributed by atoms with Gasteiger partial charge in [-0.2, -0.15) is 0 Å². The Morgan fingerprint density at radius 3 is 2.44 bits per heavy atom. The minimum atomic E-state index is 0.117. The van der Waals surface area contributed by atoms with Gasteiger partial charge in [-0.25, -0.2) is 4.99 Å². The lowest BCUT2D eigenvalue weighted by atomic mass is 10.1. The lowest BCUT2D eigenvalue weighted by molar-refractivity contribution is -0.130. The van der Waals surface area contributed by atoms with Crippen LogP contribution in [0.25, 0.3) is 0 Å². The molecule has 1 aromatic rings. The van der Waals surface area contributed by atoms with E-state index in [1.54, 1.807) is 36.6 Å². The molecule has 2 rings (SSSR count). The quantitative estimate of drug-likeness (QED) is 0.143. The molecule has 0 atom stereocenters. The van der Waals surface area contributed by atoms with Crippen molar-refractivity contribution in [2.24, 2.45) is 10.7 Å². The molecular weight excluding hydrogens is 452 g/mol. The summed E-state index contributed by atoms with van der Waals surface area (Å²) in [7, 11) is 1.50. The van der Waals surface area contributed by atoms with Gasteiger partial charge in [-0.15, -0.1) is 0 Å². The van der Waals surface area contributed by atoms with E-state index in [0.29, 0.717) is 25.8 Å². The van der Waals surface area contributed by atoms with Crippen LogP contribution in [0.3, 0.4) is 0 Å². The topological polar surface area (TPSA) is 127 Å². The van der Waals surface area contributed by atoms with E-state index in [2.05, 4.69) is 15.6 Å². The van der Waals surface area contributed by atoms with Crippen molar-refractivity contribution in [2.45, 2.75) is 32.6 Å². The van der Waals surface area contributed by atoms with Crippen molar-refractivity contribution in [1.82, 2.24) is 9.80 Å². The predicted molar refractivity (Wildman–Crippen MR) is 149 cm³/mol. The normalized spacial score (nSPS) is 15.1. The zero-order valence-corrected chi connectivity index (χ0v) is 21.5. The van der Waals surface area contributed by atoms with Gasteiger partial charge in [0.25, 0.3) is 0 Å². The number of benzene rings is 1. The van der Waals surface area contributed by atoms with Crippen LogP contribution in [-0.4, -0.2) is 80.0 Å². The molecule has 0 unspecified atom stereocenters. The molecule has 1 fully saturated rings. The van der Waals surface area contributed by atoms with Crippen molar-refractivity contribution in [3.05, 3.63) is 71.3 Å². The van der Waals surface area contributed by atoms with Gasteiger partial charge in [-0.05, 0) is 51.4 Å².